The summed E-state index contributed by atoms with van der Waals surface area (Å²) in [6, 6.07) is -1.15. The summed E-state index contributed by atoms with van der Waals surface area (Å²) in [5, 5.41) is 13.4. The van der Waals surface area contributed by atoms with E-state index in [1.54, 1.807) is 0 Å². The number of hydrogen-bond donors (Lipinski definition) is 3. The fraction of sp³-hybridized carbons (Fsp3) is 0.714. The fourth-order valence-corrected chi connectivity index (χ4v) is 1.02. The van der Waals surface area contributed by atoms with Crippen molar-refractivity contribution in [3.05, 3.63) is 0 Å². The van der Waals surface area contributed by atoms with Crippen LogP contribution in [-0.2, 0) is 4.79 Å². The highest BCUT2D eigenvalue weighted by molar-refractivity contribution is 5.82. The Morgan fingerprint density at radius 1 is 1.50 bits per heavy atom. The molecule has 1 fully saturated rings. The molecule has 0 spiro atoms. The molecular formula is C7H12N2O3. The molecule has 1 rings (SSSR count). The van der Waals surface area contributed by atoms with Crippen molar-refractivity contribution in [1.82, 2.24) is 10.6 Å². The van der Waals surface area contributed by atoms with Crippen molar-refractivity contribution in [2.45, 2.75) is 18.9 Å². The van der Waals surface area contributed by atoms with E-state index in [9.17, 15) is 9.59 Å². The standard InChI is InChI=1S/C7H12N2O3/c1-8-7(12)9-5(6(10)11)4-2-3-4/h4-5H,2-3H2,1H3,(H,10,11)(H2,8,9,12). The number of hydrogen-bond acceptors (Lipinski definition) is 2. The quantitative estimate of drug-likeness (QED) is 0.550. The van der Waals surface area contributed by atoms with Crippen molar-refractivity contribution < 1.29 is 14.7 Å². The second kappa shape index (κ2) is 3.42. The third kappa shape index (κ3) is 2.11. The van der Waals surface area contributed by atoms with Crippen LogP contribution in [0.3, 0.4) is 0 Å². The molecule has 1 atom stereocenters. The van der Waals surface area contributed by atoms with Crippen LogP contribution in [0.2, 0.25) is 0 Å². The smallest absolute Gasteiger partial charge is 0.326 e. The van der Waals surface area contributed by atoms with E-state index in [0.717, 1.165) is 12.8 Å². The molecule has 1 aliphatic carbocycles. The molecule has 1 unspecified atom stereocenters. The van der Waals surface area contributed by atoms with Gasteiger partial charge in [0.05, 0.1) is 0 Å². The van der Waals surface area contributed by atoms with Crippen LogP contribution >= 0.6 is 0 Å². The van der Waals surface area contributed by atoms with Crippen molar-refractivity contribution in [3.8, 4) is 0 Å². The molecule has 3 N–H and O–H groups in total. The Morgan fingerprint density at radius 3 is 2.42 bits per heavy atom. The number of amides is 2. The lowest BCUT2D eigenvalue weighted by Gasteiger charge is -2.12. The first-order valence-electron chi connectivity index (χ1n) is 3.86. The molecule has 0 aromatic carbocycles. The number of nitrogens with one attached hydrogen (secondary N) is 2. The van der Waals surface area contributed by atoms with E-state index in [1.807, 2.05) is 0 Å². The Kier molecular flexibility index (Phi) is 2.52. The number of carboxylic acids is 1. The number of aliphatic carboxylic acids is 1. The normalized spacial score (nSPS) is 18.1. The van der Waals surface area contributed by atoms with Crippen LogP contribution in [-0.4, -0.2) is 30.2 Å². The van der Waals surface area contributed by atoms with E-state index < -0.39 is 18.0 Å². The van der Waals surface area contributed by atoms with E-state index >= 15 is 0 Å². The SMILES string of the molecule is CNC(=O)NC(C(=O)O)C1CC1. The molecule has 0 heterocycles. The summed E-state index contributed by atoms with van der Waals surface area (Å²) in [6.45, 7) is 0. The fourth-order valence-electron chi connectivity index (χ4n) is 1.02. The molecule has 0 bridgehead atoms. The summed E-state index contributed by atoms with van der Waals surface area (Å²) < 4.78 is 0. The van der Waals surface area contributed by atoms with Gasteiger partial charge in [-0.3, -0.25) is 0 Å². The third-order valence-electron chi connectivity index (χ3n) is 1.87. The maximum atomic E-state index is 10.8. The van der Waals surface area contributed by atoms with Gasteiger partial charge in [0.1, 0.15) is 6.04 Å². The Bertz CT molecular complexity index is 201. The van der Waals surface area contributed by atoms with E-state index in [-0.39, 0.29) is 5.92 Å². The highest BCUT2D eigenvalue weighted by atomic mass is 16.4. The summed E-state index contributed by atoms with van der Waals surface area (Å²) in [5.41, 5.74) is 0. The summed E-state index contributed by atoms with van der Waals surface area (Å²) in [7, 11) is 1.46. The lowest BCUT2D eigenvalue weighted by molar-refractivity contribution is -0.139. The van der Waals surface area contributed by atoms with Crippen molar-refractivity contribution in [1.29, 1.82) is 0 Å². The molecule has 0 aromatic rings. The highest BCUT2D eigenvalue weighted by Crippen LogP contribution is 2.32. The van der Waals surface area contributed by atoms with Crippen molar-refractivity contribution >= 4 is 12.0 Å². The number of rotatable bonds is 3. The molecule has 5 heteroatoms. The lowest BCUT2D eigenvalue weighted by atomic mass is 10.2. The Hall–Kier alpha value is -1.26. The summed E-state index contributed by atoms with van der Waals surface area (Å²) >= 11 is 0. The van der Waals surface area contributed by atoms with Gasteiger partial charge in [-0.1, -0.05) is 0 Å². The largest absolute Gasteiger partial charge is 0.480 e. The molecular weight excluding hydrogens is 160 g/mol. The topological polar surface area (TPSA) is 78.4 Å². The molecule has 5 nitrogen and oxygen atoms in total. The van der Waals surface area contributed by atoms with Crippen LogP contribution in [0.25, 0.3) is 0 Å². The van der Waals surface area contributed by atoms with Gasteiger partial charge in [-0.15, -0.1) is 0 Å². The first-order chi connectivity index (χ1) is 5.65. The minimum Gasteiger partial charge on any atom is -0.480 e. The van der Waals surface area contributed by atoms with Crippen molar-refractivity contribution in [2.24, 2.45) is 5.92 Å². The van der Waals surface area contributed by atoms with Crippen LogP contribution in [0.5, 0.6) is 0 Å². The number of carboxylic acid groups (broad SMARTS) is 1. The Labute approximate surface area is 70.1 Å². The van der Waals surface area contributed by atoms with Gasteiger partial charge in [0, 0.05) is 7.05 Å². The van der Waals surface area contributed by atoms with Crippen LogP contribution in [0.4, 0.5) is 4.79 Å². The first-order valence-corrected chi connectivity index (χ1v) is 3.86. The zero-order chi connectivity index (χ0) is 9.14. The maximum Gasteiger partial charge on any atom is 0.326 e. The second-order valence-corrected chi connectivity index (χ2v) is 2.88. The zero-order valence-corrected chi connectivity index (χ0v) is 6.83. The van der Waals surface area contributed by atoms with Crippen molar-refractivity contribution in [2.75, 3.05) is 7.05 Å². The molecule has 0 saturated heterocycles. The molecule has 2 amide bonds. The second-order valence-electron chi connectivity index (χ2n) is 2.88. The predicted molar refractivity (Wildman–Crippen MR) is 41.7 cm³/mol. The lowest BCUT2D eigenvalue weighted by Crippen LogP contribution is -2.46. The van der Waals surface area contributed by atoms with Gasteiger partial charge >= 0.3 is 12.0 Å². The molecule has 0 aliphatic heterocycles. The average molecular weight is 172 g/mol. The summed E-state index contributed by atoms with van der Waals surface area (Å²) in [6.07, 6.45) is 1.78. The molecule has 1 aliphatic rings. The van der Waals surface area contributed by atoms with Gasteiger partial charge in [-0.2, -0.15) is 0 Å². The summed E-state index contributed by atoms with van der Waals surface area (Å²) in [4.78, 5) is 21.4. The van der Waals surface area contributed by atoms with E-state index in [0.29, 0.717) is 0 Å². The average Bonchev–Trinajstić information content (AvgIpc) is 2.81. The van der Waals surface area contributed by atoms with Crippen molar-refractivity contribution in [3.63, 3.8) is 0 Å². The monoisotopic (exact) mass is 172 g/mol. The third-order valence-corrected chi connectivity index (χ3v) is 1.87. The number of urea groups is 1. The number of carbonyl (C=O) groups excluding carboxylic acids is 1. The van der Waals surface area contributed by atoms with E-state index in [2.05, 4.69) is 10.6 Å². The van der Waals surface area contributed by atoms with Crippen LogP contribution in [0.1, 0.15) is 12.8 Å². The van der Waals surface area contributed by atoms with Gasteiger partial charge < -0.3 is 15.7 Å². The zero-order valence-electron chi connectivity index (χ0n) is 6.83. The molecule has 0 aromatic heterocycles. The van der Waals surface area contributed by atoms with Gasteiger partial charge in [0.15, 0.2) is 0 Å². The van der Waals surface area contributed by atoms with E-state index in [4.69, 9.17) is 5.11 Å². The highest BCUT2D eigenvalue weighted by Gasteiger charge is 2.37. The molecule has 12 heavy (non-hydrogen) atoms. The molecule has 68 valence electrons. The molecule has 0 radical (unpaired) electrons. The van der Waals surface area contributed by atoms with E-state index in [1.165, 1.54) is 7.05 Å². The van der Waals surface area contributed by atoms with Gasteiger partial charge in [-0.05, 0) is 18.8 Å². The molecule has 1 saturated carbocycles. The maximum absolute atomic E-state index is 10.8. The Balaban J connectivity index is 2.43. The van der Waals surface area contributed by atoms with Gasteiger partial charge in [0.2, 0.25) is 0 Å². The van der Waals surface area contributed by atoms with Crippen LogP contribution in [0, 0.1) is 5.92 Å². The minimum atomic E-state index is -0.957. The predicted octanol–water partition coefficient (Wildman–Crippen LogP) is -0.221. The van der Waals surface area contributed by atoms with Crippen LogP contribution < -0.4 is 10.6 Å². The first kappa shape index (κ1) is 8.83. The van der Waals surface area contributed by atoms with Crippen LogP contribution in [0.15, 0.2) is 0 Å². The minimum absolute atomic E-state index is 0.125. The van der Waals surface area contributed by atoms with Gasteiger partial charge in [-0.25, -0.2) is 9.59 Å². The Morgan fingerprint density at radius 2 is 2.08 bits per heavy atom. The summed E-state index contributed by atoms with van der Waals surface area (Å²) in [5.74, 6) is -0.832. The van der Waals surface area contributed by atoms with Gasteiger partial charge in [0.25, 0.3) is 0 Å². The number of carbonyl (C=O) groups is 2.